The minimum absolute atomic E-state index is 0.179. The number of nitrogens with one attached hydrogen (secondary N) is 1. The quantitative estimate of drug-likeness (QED) is 0.868. The molecule has 20 heavy (non-hydrogen) atoms. The van der Waals surface area contributed by atoms with E-state index in [0.29, 0.717) is 5.02 Å². The molecule has 2 atom stereocenters. The van der Waals surface area contributed by atoms with Gasteiger partial charge in [0.15, 0.2) is 0 Å². The van der Waals surface area contributed by atoms with Gasteiger partial charge < -0.3 is 0 Å². The molecular formula is C14H11ClN2O2S. The topological polar surface area (TPSA) is 59.1 Å². The fourth-order valence-electron chi connectivity index (χ4n) is 2.52. The smallest absolute Gasteiger partial charge is 0.234 e. The van der Waals surface area contributed by atoms with Crippen LogP contribution in [0.25, 0.3) is 0 Å². The molecular weight excluding hydrogens is 296 g/mol. The van der Waals surface area contributed by atoms with Crippen molar-refractivity contribution in [2.45, 2.75) is 18.3 Å². The first-order valence-electron chi connectivity index (χ1n) is 6.12. The van der Waals surface area contributed by atoms with Crippen LogP contribution in [0.1, 0.15) is 28.7 Å². The molecule has 1 saturated heterocycles. The second-order valence-corrected chi connectivity index (χ2v) is 6.01. The number of imide groups is 1. The van der Waals surface area contributed by atoms with Gasteiger partial charge in [0, 0.05) is 28.4 Å². The largest absolute Gasteiger partial charge is 0.296 e. The molecule has 1 aliphatic heterocycles. The van der Waals surface area contributed by atoms with Gasteiger partial charge in [-0.05, 0) is 17.7 Å². The number of thiazole rings is 1. The Morgan fingerprint density at radius 2 is 2.20 bits per heavy atom. The van der Waals surface area contributed by atoms with Crippen molar-refractivity contribution < 1.29 is 9.59 Å². The lowest BCUT2D eigenvalue weighted by molar-refractivity contribution is -0.135. The molecule has 0 aliphatic carbocycles. The van der Waals surface area contributed by atoms with Gasteiger partial charge in [0.2, 0.25) is 11.8 Å². The molecule has 2 amide bonds. The normalized spacial score (nSPS) is 22.6. The highest BCUT2D eigenvalue weighted by molar-refractivity contribution is 7.09. The van der Waals surface area contributed by atoms with Crippen LogP contribution >= 0.6 is 22.9 Å². The molecule has 2 heterocycles. The van der Waals surface area contributed by atoms with Crippen molar-refractivity contribution in [1.29, 1.82) is 0 Å². The van der Waals surface area contributed by atoms with Gasteiger partial charge in [0.05, 0.1) is 11.4 Å². The summed E-state index contributed by atoms with van der Waals surface area (Å²) in [5.74, 6) is -1.11. The van der Waals surface area contributed by atoms with Crippen LogP contribution in [0, 0.1) is 0 Å². The summed E-state index contributed by atoms with van der Waals surface area (Å²) in [5, 5.41) is 2.98. The van der Waals surface area contributed by atoms with E-state index >= 15 is 0 Å². The van der Waals surface area contributed by atoms with Crippen LogP contribution in [0.3, 0.4) is 0 Å². The number of piperidine rings is 1. The summed E-state index contributed by atoms with van der Waals surface area (Å²) in [4.78, 5) is 28.9. The lowest BCUT2D eigenvalue weighted by Gasteiger charge is -2.29. The average molecular weight is 307 g/mol. The van der Waals surface area contributed by atoms with E-state index in [-0.39, 0.29) is 24.2 Å². The molecule has 1 N–H and O–H groups in total. The first kappa shape index (κ1) is 13.3. The van der Waals surface area contributed by atoms with Crippen LogP contribution in [0.15, 0.2) is 36.0 Å². The van der Waals surface area contributed by atoms with E-state index in [1.807, 2.05) is 12.1 Å². The molecule has 2 aromatic rings. The van der Waals surface area contributed by atoms with Gasteiger partial charge in [-0.15, -0.1) is 11.3 Å². The molecule has 102 valence electrons. The van der Waals surface area contributed by atoms with Crippen LogP contribution in [-0.2, 0) is 9.59 Å². The van der Waals surface area contributed by atoms with E-state index < -0.39 is 5.92 Å². The van der Waals surface area contributed by atoms with Crippen molar-refractivity contribution in [2.75, 3.05) is 0 Å². The Morgan fingerprint density at radius 1 is 1.35 bits per heavy atom. The maximum atomic E-state index is 12.2. The zero-order valence-corrected chi connectivity index (χ0v) is 11.9. The number of carbonyl (C=O) groups excluding carboxylic acids is 2. The predicted molar refractivity (Wildman–Crippen MR) is 76.8 cm³/mol. The van der Waals surface area contributed by atoms with E-state index in [0.717, 1.165) is 10.4 Å². The zero-order chi connectivity index (χ0) is 14.1. The Morgan fingerprint density at radius 3 is 2.90 bits per heavy atom. The first-order valence-corrected chi connectivity index (χ1v) is 7.38. The van der Waals surface area contributed by atoms with Gasteiger partial charge in [-0.1, -0.05) is 23.7 Å². The lowest BCUT2D eigenvalue weighted by atomic mass is 9.80. The van der Waals surface area contributed by atoms with Gasteiger partial charge in [0.25, 0.3) is 0 Å². The maximum Gasteiger partial charge on any atom is 0.234 e. The second kappa shape index (κ2) is 5.34. The van der Waals surface area contributed by atoms with Crippen molar-refractivity contribution in [1.82, 2.24) is 10.3 Å². The molecule has 1 fully saturated rings. The zero-order valence-electron chi connectivity index (χ0n) is 10.4. The van der Waals surface area contributed by atoms with E-state index in [1.165, 1.54) is 11.3 Å². The fraction of sp³-hybridized carbons (Fsp3) is 0.214. The van der Waals surface area contributed by atoms with Crippen molar-refractivity contribution in [3.63, 3.8) is 0 Å². The number of amides is 2. The summed E-state index contributed by atoms with van der Waals surface area (Å²) in [5.41, 5.74) is 2.53. The van der Waals surface area contributed by atoms with Crippen molar-refractivity contribution in [3.05, 3.63) is 51.4 Å². The van der Waals surface area contributed by atoms with Crippen LogP contribution in [0.5, 0.6) is 0 Å². The van der Waals surface area contributed by atoms with Crippen LogP contribution in [0.4, 0.5) is 0 Å². The molecule has 1 aliphatic rings. The van der Waals surface area contributed by atoms with E-state index in [1.54, 1.807) is 23.8 Å². The first-order chi connectivity index (χ1) is 9.65. The maximum absolute atomic E-state index is 12.2. The minimum atomic E-state index is -0.410. The summed E-state index contributed by atoms with van der Waals surface area (Å²) >= 11 is 7.46. The Hall–Kier alpha value is -1.72. The Labute approximate surface area is 124 Å². The number of nitrogens with zero attached hydrogens (tertiary/aromatic N) is 1. The van der Waals surface area contributed by atoms with Crippen molar-refractivity contribution in [3.8, 4) is 0 Å². The SMILES string of the molecule is O=C1CC(c2cncs2)C(c2cccc(Cl)c2)C(=O)N1. The molecule has 1 aromatic carbocycles. The molecule has 0 bridgehead atoms. The molecule has 0 spiro atoms. The highest BCUT2D eigenvalue weighted by Gasteiger charge is 2.38. The second-order valence-electron chi connectivity index (χ2n) is 4.66. The number of halogens is 1. The van der Waals surface area contributed by atoms with E-state index in [4.69, 9.17) is 11.6 Å². The fourth-order valence-corrected chi connectivity index (χ4v) is 3.48. The van der Waals surface area contributed by atoms with Crippen molar-refractivity contribution >= 4 is 34.8 Å². The molecule has 1 aromatic heterocycles. The van der Waals surface area contributed by atoms with Gasteiger partial charge in [-0.3, -0.25) is 19.9 Å². The molecule has 0 radical (unpaired) electrons. The summed E-state index contributed by atoms with van der Waals surface area (Å²) in [6.07, 6.45) is 2.00. The number of carbonyl (C=O) groups is 2. The third-order valence-corrected chi connectivity index (χ3v) is 4.52. The van der Waals surface area contributed by atoms with Gasteiger partial charge in [-0.2, -0.15) is 0 Å². The molecule has 4 nitrogen and oxygen atoms in total. The monoisotopic (exact) mass is 306 g/mol. The average Bonchev–Trinajstić information content (AvgIpc) is 2.91. The highest BCUT2D eigenvalue weighted by Crippen LogP contribution is 2.40. The summed E-state index contributed by atoms with van der Waals surface area (Å²) < 4.78 is 0. The number of benzene rings is 1. The number of rotatable bonds is 2. The Balaban J connectivity index is 2.04. The minimum Gasteiger partial charge on any atom is -0.296 e. The Kier molecular flexibility index (Phi) is 3.54. The van der Waals surface area contributed by atoms with E-state index in [9.17, 15) is 9.59 Å². The molecule has 2 unspecified atom stereocenters. The molecule has 0 saturated carbocycles. The number of hydrogen-bond donors (Lipinski definition) is 1. The molecule has 3 rings (SSSR count). The third-order valence-electron chi connectivity index (χ3n) is 3.38. The van der Waals surface area contributed by atoms with Crippen LogP contribution < -0.4 is 5.32 Å². The van der Waals surface area contributed by atoms with Gasteiger partial charge in [-0.25, -0.2) is 0 Å². The van der Waals surface area contributed by atoms with Crippen LogP contribution in [-0.4, -0.2) is 16.8 Å². The standard InChI is InChI=1S/C14H11ClN2O2S/c15-9-3-1-2-8(4-9)13-10(11-6-16-7-20-11)5-12(18)17-14(13)19/h1-4,6-7,10,13H,5H2,(H,17,18,19). The van der Waals surface area contributed by atoms with Crippen LogP contribution in [0.2, 0.25) is 5.02 Å². The summed E-state index contributed by atoms with van der Waals surface area (Å²) in [6, 6.07) is 7.21. The van der Waals surface area contributed by atoms with Gasteiger partial charge >= 0.3 is 0 Å². The summed E-state index contributed by atoms with van der Waals surface area (Å²) in [6.45, 7) is 0. The highest BCUT2D eigenvalue weighted by atomic mass is 35.5. The van der Waals surface area contributed by atoms with Gasteiger partial charge in [0.1, 0.15) is 0 Å². The summed E-state index contributed by atoms with van der Waals surface area (Å²) in [7, 11) is 0. The molecule has 6 heteroatoms. The lowest BCUT2D eigenvalue weighted by Crippen LogP contribution is -2.43. The van der Waals surface area contributed by atoms with Crippen molar-refractivity contribution in [2.24, 2.45) is 0 Å². The number of hydrogen-bond acceptors (Lipinski definition) is 4. The Bertz CT molecular complexity index is 657. The van der Waals surface area contributed by atoms with E-state index in [2.05, 4.69) is 10.3 Å². The predicted octanol–water partition coefficient (Wildman–Crippen LogP) is 2.71. The number of aromatic nitrogens is 1. The third kappa shape index (κ3) is 2.46.